The van der Waals surface area contributed by atoms with Gasteiger partial charge < -0.3 is 9.47 Å². The maximum atomic E-state index is 11.2. The first-order valence-corrected chi connectivity index (χ1v) is 4.69. The van der Waals surface area contributed by atoms with Crippen molar-refractivity contribution in [1.29, 1.82) is 0 Å². The zero-order chi connectivity index (χ0) is 12.5. The third-order valence-corrected chi connectivity index (χ3v) is 1.92. The average molecular weight is 226 g/mol. The van der Waals surface area contributed by atoms with Gasteiger partial charge in [-0.3, -0.25) is 4.74 Å². The van der Waals surface area contributed by atoms with Crippen molar-refractivity contribution in [3.63, 3.8) is 0 Å². The first-order valence-electron chi connectivity index (χ1n) is 4.69. The van der Waals surface area contributed by atoms with Crippen LogP contribution in [-0.4, -0.2) is 24.0 Å². The molecule has 16 heavy (non-hydrogen) atoms. The monoisotopic (exact) mass is 226 g/mol. The van der Waals surface area contributed by atoms with Crippen LogP contribution in [0, 0.1) is 0 Å². The predicted molar refractivity (Wildman–Crippen MR) is 55.1 cm³/mol. The van der Waals surface area contributed by atoms with E-state index in [1.54, 1.807) is 0 Å². The smallest absolute Gasteiger partial charge is 0.335 e. The van der Waals surface area contributed by atoms with Gasteiger partial charge in [0, 0.05) is 18.1 Å². The zero-order valence-corrected chi connectivity index (χ0v) is 9.53. The van der Waals surface area contributed by atoms with E-state index >= 15 is 0 Å². The Bertz CT molecular complexity index is 371. The number of carbonyl (C=O) groups excluding carboxylic acids is 2. The van der Waals surface area contributed by atoms with Crippen LogP contribution < -0.4 is 0 Å². The molecular formula is C11H14O5. The molecular weight excluding hydrogens is 212 g/mol. The van der Waals surface area contributed by atoms with Crippen molar-refractivity contribution in [2.45, 2.75) is 32.8 Å². The minimum absolute atomic E-state index is 0.252. The van der Waals surface area contributed by atoms with Crippen LogP contribution in [0.25, 0.3) is 0 Å². The molecule has 1 aliphatic rings. The van der Waals surface area contributed by atoms with Gasteiger partial charge in [0.15, 0.2) is 0 Å². The van der Waals surface area contributed by atoms with Gasteiger partial charge in [0.1, 0.15) is 0 Å². The largest absolute Gasteiger partial charge is 0.425 e. The molecule has 2 unspecified atom stereocenters. The Balaban J connectivity index is 2.48. The summed E-state index contributed by atoms with van der Waals surface area (Å²) in [7, 11) is 0. The number of esters is 2. The molecule has 5 heteroatoms. The van der Waals surface area contributed by atoms with Gasteiger partial charge in [0.05, 0.1) is 0 Å². The molecule has 1 fully saturated rings. The van der Waals surface area contributed by atoms with Crippen LogP contribution in [0.2, 0.25) is 0 Å². The molecule has 0 aromatic carbocycles. The lowest BCUT2D eigenvalue weighted by molar-refractivity contribution is -0.154. The van der Waals surface area contributed by atoms with Crippen LogP contribution in [0.4, 0.5) is 0 Å². The van der Waals surface area contributed by atoms with E-state index in [2.05, 4.69) is 13.2 Å². The van der Waals surface area contributed by atoms with Crippen molar-refractivity contribution in [3.05, 3.63) is 24.3 Å². The molecule has 0 spiro atoms. The van der Waals surface area contributed by atoms with Gasteiger partial charge >= 0.3 is 11.9 Å². The lowest BCUT2D eigenvalue weighted by Gasteiger charge is -2.08. The molecule has 0 saturated carbocycles. The van der Waals surface area contributed by atoms with Crippen molar-refractivity contribution in [2.24, 2.45) is 0 Å². The van der Waals surface area contributed by atoms with Gasteiger partial charge in [-0.2, -0.15) is 0 Å². The molecule has 0 radical (unpaired) electrons. The Labute approximate surface area is 93.7 Å². The van der Waals surface area contributed by atoms with Crippen LogP contribution in [-0.2, 0) is 23.8 Å². The molecule has 0 bridgehead atoms. The second-order valence-electron chi connectivity index (χ2n) is 3.82. The summed E-state index contributed by atoms with van der Waals surface area (Å²) >= 11 is 0. The molecule has 1 rings (SSSR count). The summed E-state index contributed by atoms with van der Waals surface area (Å²) in [4.78, 5) is 22.3. The number of hydrogen-bond donors (Lipinski definition) is 0. The molecule has 1 heterocycles. The van der Waals surface area contributed by atoms with Gasteiger partial charge in [-0.15, -0.1) is 0 Å². The highest BCUT2D eigenvalue weighted by Crippen LogP contribution is 2.39. The minimum atomic E-state index is -1.21. The van der Waals surface area contributed by atoms with E-state index in [1.807, 2.05) is 0 Å². The highest BCUT2D eigenvalue weighted by Gasteiger charge is 2.60. The van der Waals surface area contributed by atoms with E-state index in [-0.39, 0.29) is 11.1 Å². The molecule has 0 amide bonds. The summed E-state index contributed by atoms with van der Waals surface area (Å²) in [6.45, 7) is 11.4. The number of epoxide rings is 1. The summed E-state index contributed by atoms with van der Waals surface area (Å²) in [5.74, 6) is -2.38. The maximum absolute atomic E-state index is 11.2. The van der Waals surface area contributed by atoms with Gasteiger partial charge in [-0.05, 0) is 13.8 Å². The molecule has 1 aliphatic heterocycles. The molecule has 5 nitrogen and oxygen atoms in total. The van der Waals surface area contributed by atoms with Crippen molar-refractivity contribution in [1.82, 2.24) is 0 Å². The molecule has 2 atom stereocenters. The predicted octanol–water partition coefficient (Wildman–Crippen LogP) is 1.30. The third kappa shape index (κ3) is 2.70. The fourth-order valence-corrected chi connectivity index (χ4v) is 0.851. The van der Waals surface area contributed by atoms with Gasteiger partial charge in [-0.25, -0.2) is 9.59 Å². The van der Waals surface area contributed by atoms with E-state index in [1.165, 1.54) is 20.8 Å². The van der Waals surface area contributed by atoms with Crippen LogP contribution in [0.1, 0.15) is 20.8 Å². The quantitative estimate of drug-likeness (QED) is 0.410. The van der Waals surface area contributed by atoms with Crippen LogP contribution >= 0.6 is 0 Å². The van der Waals surface area contributed by atoms with Gasteiger partial charge in [0.25, 0.3) is 12.1 Å². The van der Waals surface area contributed by atoms with Gasteiger partial charge in [0.2, 0.25) is 0 Å². The Morgan fingerprint density at radius 3 is 2.12 bits per heavy atom. The summed E-state index contributed by atoms with van der Waals surface area (Å²) in [6, 6.07) is 0. The maximum Gasteiger partial charge on any atom is 0.335 e. The lowest BCUT2D eigenvalue weighted by Crippen LogP contribution is -2.23. The molecule has 0 aromatic heterocycles. The average Bonchev–Trinajstić information content (AvgIpc) is 2.75. The van der Waals surface area contributed by atoms with E-state index in [9.17, 15) is 9.59 Å². The van der Waals surface area contributed by atoms with Crippen molar-refractivity contribution in [3.8, 4) is 0 Å². The topological polar surface area (TPSA) is 65.1 Å². The van der Waals surface area contributed by atoms with Crippen LogP contribution in [0.3, 0.4) is 0 Å². The number of carbonyl (C=O) groups is 2. The van der Waals surface area contributed by atoms with Crippen molar-refractivity contribution in [2.75, 3.05) is 0 Å². The molecule has 0 N–H and O–H groups in total. The summed E-state index contributed by atoms with van der Waals surface area (Å²) < 4.78 is 14.8. The highest BCUT2D eigenvalue weighted by molar-refractivity contribution is 5.88. The second-order valence-corrected chi connectivity index (χ2v) is 3.82. The fourth-order valence-electron chi connectivity index (χ4n) is 0.851. The number of hydrogen-bond acceptors (Lipinski definition) is 5. The first-order chi connectivity index (χ1) is 7.26. The van der Waals surface area contributed by atoms with Gasteiger partial charge in [-0.1, -0.05) is 13.2 Å². The summed E-state index contributed by atoms with van der Waals surface area (Å²) in [5, 5.41) is 0. The molecule has 0 aliphatic carbocycles. The minimum Gasteiger partial charge on any atom is -0.425 e. The molecule has 88 valence electrons. The van der Waals surface area contributed by atoms with Crippen molar-refractivity contribution < 1.29 is 23.8 Å². The Kier molecular flexibility index (Phi) is 3.19. The third-order valence-electron chi connectivity index (χ3n) is 1.92. The van der Waals surface area contributed by atoms with Crippen LogP contribution in [0.5, 0.6) is 0 Å². The number of rotatable bonds is 4. The van der Waals surface area contributed by atoms with Crippen LogP contribution in [0.15, 0.2) is 24.3 Å². The van der Waals surface area contributed by atoms with E-state index < -0.39 is 24.0 Å². The normalized spacial score (nSPS) is 26.8. The van der Waals surface area contributed by atoms with E-state index in [4.69, 9.17) is 14.2 Å². The van der Waals surface area contributed by atoms with E-state index in [0.717, 1.165) is 0 Å². The Morgan fingerprint density at radius 1 is 1.19 bits per heavy atom. The van der Waals surface area contributed by atoms with E-state index in [0.29, 0.717) is 0 Å². The SMILES string of the molecule is C=C(C)C(=O)OC1OC1(C)OC(=O)C(=C)C. The second kappa shape index (κ2) is 4.09. The summed E-state index contributed by atoms with van der Waals surface area (Å²) in [5.41, 5.74) is 0.505. The van der Waals surface area contributed by atoms with Crippen molar-refractivity contribution >= 4 is 11.9 Å². The molecule has 0 aromatic rings. The Hall–Kier alpha value is -1.62. The number of ether oxygens (including phenoxy) is 3. The molecule has 1 saturated heterocycles. The first kappa shape index (κ1) is 12.4. The summed E-state index contributed by atoms with van der Waals surface area (Å²) in [6.07, 6.45) is -0.875. The zero-order valence-electron chi connectivity index (χ0n) is 9.53. The highest BCUT2D eigenvalue weighted by atomic mass is 16.9. The Morgan fingerprint density at radius 2 is 1.69 bits per heavy atom. The lowest BCUT2D eigenvalue weighted by atomic mass is 10.3. The standard InChI is InChI=1S/C11H14O5/c1-6(2)8(12)14-10-11(5,16-10)15-9(13)7(3)4/h10H,1,3H2,2,4-5H3. The fraction of sp³-hybridized carbons (Fsp3) is 0.455.